The van der Waals surface area contributed by atoms with Gasteiger partial charge in [0.15, 0.2) is 0 Å². The molecule has 0 aliphatic carbocycles. The monoisotopic (exact) mass is 380 g/mol. The van der Waals surface area contributed by atoms with Crippen LogP contribution in [0.15, 0.2) is 29.2 Å². The van der Waals surface area contributed by atoms with Gasteiger partial charge >= 0.3 is 0 Å². The SMILES string of the molecule is CCc1ccccc1S(=O)(=O)N(CCN1CCCCC1)C1CCOCC1. The second kappa shape index (κ2) is 9.31. The van der Waals surface area contributed by atoms with Crippen LogP contribution in [0.4, 0.5) is 0 Å². The van der Waals surface area contributed by atoms with Crippen LogP contribution in [-0.2, 0) is 21.2 Å². The van der Waals surface area contributed by atoms with E-state index in [-0.39, 0.29) is 6.04 Å². The number of ether oxygens (including phenoxy) is 1. The van der Waals surface area contributed by atoms with Crippen LogP contribution in [0, 0.1) is 0 Å². The number of aryl methyl sites for hydroxylation is 1. The van der Waals surface area contributed by atoms with E-state index in [1.807, 2.05) is 25.1 Å². The Hall–Kier alpha value is -0.950. The van der Waals surface area contributed by atoms with Crippen LogP contribution in [0.1, 0.15) is 44.6 Å². The molecule has 146 valence electrons. The van der Waals surface area contributed by atoms with Crippen molar-refractivity contribution >= 4 is 10.0 Å². The van der Waals surface area contributed by atoms with Crippen LogP contribution in [0.5, 0.6) is 0 Å². The topological polar surface area (TPSA) is 49.9 Å². The van der Waals surface area contributed by atoms with Gasteiger partial charge in [0.05, 0.1) is 4.90 Å². The predicted octanol–water partition coefficient (Wildman–Crippen LogP) is 2.90. The van der Waals surface area contributed by atoms with Gasteiger partial charge in [0.2, 0.25) is 10.0 Å². The molecule has 0 unspecified atom stereocenters. The first-order valence-electron chi connectivity index (χ1n) is 10.0. The van der Waals surface area contributed by atoms with Crippen molar-refractivity contribution in [1.29, 1.82) is 0 Å². The lowest BCUT2D eigenvalue weighted by Gasteiger charge is -2.36. The summed E-state index contributed by atoms with van der Waals surface area (Å²) in [5.41, 5.74) is 0.905. The molecule has 0 aromatic heterocycles. The van der Waals surface area contributed by atoms with E-state index in [0.29, 0.717) is 24.7 Å². The first-order valence-corrected chi connectivity index (χ1v) is 11.5. The van der Waals surface area contributed by atoms with Crippen molar-refractivity contribution in [3.63, 3.8) is 0 Å². The number of hydrogen-bond donors (Lipinski definition) is 0. The fraction of sp³-hybridized carbons (Fsp3) is 0.700. The number of sulfonamides is 1. The molecule has 2 saturated heterocycles. The molecule has 6 heteroatoms. The van der Waals surface area contributed by atoms with E-state index in [2.05, 4.69) is 4.90 Å². The molecule has 0 N–H and O–H groups in total. The molecular formula is C20H32N2O3S. The molecular weight excluding hydrogens is 348 g/mol. The molecule has 2 fully saturated rings. The standard InChI is InChI=1S/C20H32N2O3S/c1-2-18-8-4-5-9-20(18)26(23,24)22(19-10-16-25-17-11-19)15-14-21-12-6-3-7-13-21/h4-5,8-9,19H,2-3,6-7,10-17H2,1H3. The molecule has 0 amide bonds. The largest absolute Gasteiger partial charge is 0.381 e. The molecule has 0 atom stereocenters. The number of piperidine rings is 1. The van der Waals surface area contributed by atoms with Crippen LogP contribution < -0.4 is 0 Å². The summed E-state index contributed by atoms with van der Waals surface area (Å²) in [5, 5.41) is 0. The Bertz CT molecular complexity index is 665. The summed E-state index contributed by atoms with van der Waals surface area (Å²) in [7, 11) is -3.49. The second-order valence-corrected chi connectivity index (χ2v) is 9.18. The Balaban J connectivity index is 1.83. The van der Waals surface area contributed by atoms with Crippen molar-refractivity contribution in [3.8, 4) is 0 Å². The summed E-state index contributed by atoms with van der Waals surface area (Å²) in [5.74, 6) is 0. The van der Waals surface area contributed by atoms with Crippen LogP contribution in [0.25, 0.3) is 0 Å². The lowest BCUT2D eigenvalue weighted by molar-refractivity contribution is 0.0557. The van der Waals surface area contributed by atoms with E-state index in [4.69, 9.17) is 4.74 Å². The summed E-state index contributed by atoms with van der Waals surface area (Å²) in [4.78, 5) is 2.89. The Morgan fingerprint density at radius 2 is 1.81 bits per heavy atom. The van der Waals surface area contributed by atoms with Gasteiger partial charge in [-0.3, -0.25) is 0 Å². The molecule has 2 heterocycles. The predicted molar refractivity (Wildman–Crippen MR) is 104 cm³/mol. The number of likely N-dealkylation sites (tertiary alicyclic amines) is 1. The van der Waals surface area contributed by atoms with Gasteiger partial charge in [-0.05, 0) is 56.8 Å². The maximum absolute atomic E-state index is 13.6. The minimum absolute atomic E-state index is 0.0449. The van der Waals surface area contributed by atoms with Crippen LogP contribution in [0.2, 0.25) is 0 Å². The smallest absolute Gasteiger partial charge is 0.243 e. The van der Waals surface area contributed by atoms with Gasteiger partial charge in [0.25, 0.3) is 0 Å². The highest BCUT2D eigenvalue weighted by Gasteiger charge is 2.33. The zero-order valence-corrected chi connectivity index (χ0v) is 16.7. The second-order valence-electron chi connectivity index (χ2n) is 7.32. The van der Waals surface area contributed by atoms with Crippen LogP contribution in [0.3, 0.4) is 0 Å². The normalized spacial score (nSPS) is 20.5. The van der Waals surface area contributed by atoms with Crippen molar-refractivity contribution in [1.82, 2.24) is 9.21 Å². The van der Waals surface area contributed by atoms with Crippen molar-refractivity contribution in [3.05, 3.63) is 29.8 Å². The Labute approximate surface area is 158 Å². The maximum Gasteiger partial charge on any atom is 0.243 e. The van der Waals surface area contributed by atoms with Crippen molar-refractivity contribution in [2.24, 2.45) is 0 Å². The van der Waals surface area contributed by atoms with Crippen molar-refractivity contribution < 1.29 is 13.2 Å². The maximum atomic E-state index is 13.6. The van der Waals surface area contributed by atoms with Crippen molar-refractivity contribution in [2.45, 2.75) is 56.4 Å². The highest BCUT2D eigenvalue weighted by molar-refractivity contribution is 7.89. The summed E-state index contributed by atoms with van der Waals surface area (Å²) >= 11 is 0. The van der Waals surface area contributed by atoms with E-state index < -0.39 is 10.0 Å². The fourth-order valence-electron chi connectivity index (χ4n) is 4.07. The number of rotatable bonds is 7. The molecule has 2 aliphatic heterocycles. The van der Waals surface area contributed by atoms with Crippen LogP contribution in [-0.4, -0.2) is 63.1 Å². The van der Waals surface area contributed by atoms with E-state index >= 15 is 0 Å². The van der Waals surface area contributed by atoms with E-state index in [0.717, 1.165) is 44.5 Å². The van der Waals surface area contributed by atoms with Gasteiger partial charge < -0.3 is 9.64 Å². The third-order valence-corrected chi connectivity index (χ3v) is 7.68. The van der Waals surface area contributed by atoms with Gasteiger partial charge in [-0.1, -0.05) is 31.5 Å². The number of nitrogens with zero attached hydrogens (tertiary/aromatic N) is 2. The third-order valence-electron chi connectivity index (χ3n) is 5.62. The fourth-order valence-corrected chi connectivity index (χ4v) is 6.04. The molecule has 0 saturated carbocycles. The summed E-state index contributed by atoms with van der Waals surface area (Å²) in [6.45, 7) is 6.89. The Kier molecular flexibility index (Phi) is 7.09. The Morgan fingerprint density at radius 1 is 1.12 bits per heavy atom. The lowest BCUT2D eigenvalue weighted by Crippen LogP contribution is -2.47. The van der Waals surface area contributed by atoms with Gasteiger partial charge in [0, 0.05) is 32.3 Å². The van der Waals surface area contributed by atoms with Gasteiger partial charge in [0.1, 0.15) is 0 Å². The van der Waals surface area contributed by atoms with Gasteiger partial charge in [-0.25, -0.2) is 8.42 Å². The minimum Gasteiger partial charge on any atom is -0.381 e. The summed E-state index contributed by atoms with van der Waals surface area (Å²) in [6.07, 6.45) is 6.04. The van der Waals surface area contributed by atoms with E-state index in [1.165, 1.54) is 19.3 Å². The highest BCUT2D eigenvalue weighted by Crippen LogP contribution is 2.26. The zero-order chi connectivity index (χ0) is 18.4. The summed E-state index contributed by atoms with van der Waals surface area (Å²) in [6, 6.07) is 7.49. The highest BCUT2D eigenvalue weighted by atomic mass is 32.2. The van der Waals surface area contributed by atoms with Crippen molar-refractivity contribution in [2.75, 3.05) is 39.4 Å². The molecule has 2 aliphatic rings. The Morgan fingerprint density at radius 3 is 2.50 bits per heavy atom. The number of benzene rings is 1. The molecule has 1 aromatic rings. The lowest BCUT2D eigenvalue weighted by atomic mass is 10.1. The quantitative estimate of drug-likeness (QED) is 0.730. The molecule has 5 nitrogen and oxygen atoms in total. The van der Waals surface area contributed by atoms with Gasteiger partial charge in [-0.2, -0.15) is 4.31 Å². The van der Waals surface area contributed by atoms with Gasteiger partial charge in [-0.15, -0.1) is 0 Å². The molecule has 0 bridgehead atoms. The zero-order valence-electron chi connectivity index (χ0n) is 15.9. The third kappa shape index (κ3) is 4.66. The van der Waals surface area contributed by atoms with E-state index in [1.54, 1.807) is 10.4 Å². The molecule has 0 radical (unpaired) electrons. The van der Waals surface area contributed by atoms with Crippen LogP contribution >= 0.6 is 0 Å². The number of hydrogen-bond acceptors (Lipinski definition) is 4. The van der Waals surface area contributed by atoms with E-state index in [9.17, 15) is 8.42 Å². The summed E-state index contributed by atoms with van der Waals surface area (Å²) < 4.78 is 34.4. The first-order chi connectivity index (χ1) is 12.6. The average Bonchev–Trinajstić information content (AvgIpc) is 2.69. The average molecular weight is 381 g/mol. The minimum atomic E-state index is -3.49. The molecule has 1 aromatic carbocycles. The molecule has 0 spiro atoms. The molecule has 3 rings (SSSR count). The molecule has 26 heavy (non-hydrogen) atoms. The first kappa shape index (κ1) is 19.8.